The number of hydrogen-bond acceptors (Lipinski definition) is 6. The summed E-state index contributed by atoms with van der Waals surface area (Å²) in [5.74, 6) is 1.96. The summed E-state index contributed by atoms with van der Waals surface area (Å²) in [6.07, 6.45) is 2.44. The molecule has 0 saturated carbocycles. The third kappa shape index (κ3) is 3.71. The summed E-state index contributed by atoms with van der Waals surface area (Å²) >= 11 is 1.61. The van der Waals surface area contributed by atoms with E-state index in [0.29, 0.717) is 0 Å². The van der Waals surface area contributed by atoms with Crippen LogP contribution in [0.4, 0.5) is 5.82 Å². The molecule has 0 saturated heterocycles. The minimum Gasteiger partial charge on any atom is -0.508 e. The molecule has 0 aliphatic heterocycles. The van der Waals surface area contributed by atoms with Crippen molar-refractivity contribution in [3.05, 3.63) is 65.8 Å². The van der Waals surface area contributed by atoms with Crippen LogP contribution in [0.1, 0.15) is 5.56 Å². The molecule has 0 fully saturated rings. The molecule has 4 rings (SSSR count). The SMILES string of the molecule is COc1ccc(-c2csc3ncnc(NCCc4ccc(O)cc4)c23)cc1. The number of methoxy groups -OCH3 is 1. The summed E-state index contributed by atoms with van der Waals surface area (Å²) in [6, 6.07) is 15.3. The highest BCUT2D eigenvalue weighted by atomic mass is 32.1. The number of phenols is 1. The summed E-state index contributed by atoms with van der Waals surface area (Å²) in [7, 11) is 1.67. The maximum absolute atomic E-state index is 9.39. The van der Waals surface area contributed by atoms with Gasteiger partial charge in [-0.15, -0.1) is 11.3 Å². The lowest BCUT2D eigenvalue weighted by Gasteiger charge is -2.09. The Bertz CT molecular complexity index is 1040. The maximum atomic E-state index is 9.39. The minimum absolute atomic E-state index is 0.284. The number of anilines is 1. The van der Waals surface area contributed by atoms with E-state index in [1.54, 1.807) is 36.9 Å². The zero-order chi connectivity index (χ0) is 18.6. The molecule has 5 nitrogen and oxygen atoms in total. The molecule has 2 heterocycles. The van der Waals surface area contributed by atoms with Crippen LogP contribution in [-0.2, 0) is 6.42 Å². The summed E-state index contributed by atoms with van der Waals surface area (Å²) in [5.41, 5.74) is 3.38. The van der Waals surface area contributed by atoms with Gasteiger partial charge in [0.05, 0.1) is 12.5 Å². The molecule has 2 aromatic heterocycles. The van der Waals surface area contributed by atoms with Crippen molar-refractivity contribution < 1.29 is 9.84 Å². The first kappa shape index (κ1) is 17.3. The van der Waals surface area contributed by atoms with Crippen LogP contribution in [0.25, 0.3) is 21.3 Å². The normalized spacial score (nSPS) is 10.9. The average molecular weight is 377 g/mol. The smallest absolute Gasteiger partial charge is 0.138 e. The fourth-order valence-corrected chi connectivity index (χ4v) is 3.90. The fraction of sp³-hybridized carbons (Fsp3) is 0.143. The highest BCUT2D eigenvalue weighted by Crippen LogP contribution is 2.36. The molecule has 4 aromatic rings. The van der Waals surface area contributed by atoms with E-state index in [1.807, 2.05) is 36.4 Å². The Kier molecular flexibility index (Phi) is 4.89. The Hall–Kier alpha value is -3.12. The third-order valence-electron chi connectivity index (χ3n) is 4.41. The first-order chi connectivity index (χ1) is 13.2. The standard InChI is InChI=1S/C21H19N3O2S/c1-26-17-8-4-15(5-9-17)18-12-27-21-19(18)20(23-13-24-21)22-11-10-14-2-6-16(25)7-3-14/h2-9,12-13,25H,10-11H2,1H3,(H,22,23,24). The van der Waals surface area contributed by atoms with E-state index in [2.05, 4.69) is 20.7 Å². The number of hydrogen-bond donors (Lipinski definition) is 2. The first-order valence-corrected chi connectivity index (χ1v) is 9.51. The first-order valence-electron chi connectivity index (χ1n) is 8.63. The van der Waals surface area contributed by atoms with Crippen LogP contribution in [0, 0.1) is 0 Å². The van der Waals surface area contributed by atoms with Crippen molar-refractivity contribution in [3.63, 3.8) is 0 Å². The molecular formula is C21H19N3O2S. The van der Waals surface area contributed by atoms with Crippen molar-refractivity contribution in [3.8, 4) is 22.6 Å². The number of phenolic OH excluding ortho intramolecular Hbond substituents is 1. The van der Waals surface area contributed by atoms with E-state index in [1.165, 1.54) is 0 Å². The van der Waals surface area contributed by atoms with Crippen molar-refractivity contribution in [2.45, 2.75) is 6.42 Å². The lowest BCUT2D eigenvalue weighted by Crippen LogP contribution is -2.06. The Morgan fingerprint density at radius 1 is 1.04 bits per heavy atom. The minimum atomic E-state index is 0.284. The van der Waals surface area contributed by atoms with Gasteiger partial charge in [0, 0.05) is 17.5 Å². The van der Waals surface area contributed by atoms with Crippen LogP contribution < -0.4 is 10.1 Å². The van der Waals surface area contributed by atoms with E-state index < -0.39 is 0 Å². The van der Waals surface area contributed by atoms with Gasteiger partial charge in [-0.25, -0.2) is 9.97 Å². The molecule has 0 atom stereocenters. The Morgan fingerprint density at radius 2 is 1.81 bits per heavy atom. The summed E-state index contributed by atoms with van der Waals surface area (Å²) in [4.78, 5) is 9.84. The zero-order valence-electron chi connectivity index (χ0n) is 14.8. The van der Waals surface area contributed by atoms with Crippen molar-refractivity contribution in [2.24, 2.45) is 0 Å². The average Bonchev–Trinajstić information content (AvgIpc) is 3.15. The molecule has 0 aliphatic rings. The molecular weight excluding hydrogens is 358 g/mol. The fourth-order valence-electron chi connectivity index (χ4n) is 2.98. The maximum Gasteiger partial charge on any atom is 0.138 e. The van der Waals surface area contributed by atoms with Crippen molar-refractivity contribution in [2.75, 3.05) is 19.0 Å². The van der Waals surface area contributed by atoms with Gasteiger partial charge in [-0.2, -0.15) is 0 Å². The van der Waals surface area contributed by atoms with Crippen LogP contribution in [0.2, 0.25) is 0 Å². The van der Waals surface area contributed by atoms with Gasteiger partial charge in [0.15, 0.2) is 0 Å². The van der Waals surface area contributed by atoms with E-state index in [4.69, 9.17) is 4.74 Å². The Labute approximate surface area is 161 Å². The second-order valence-corrected chi connectivity index (χ2v) is 6.98. The Morgan fingerprint density at radius 3 is 2.56 bits per heavy atom. The molecule has 27 heavy (non-hydrogen) atoms. The van der Waals surface area contributed by atoms with E-state index >= 15 is 0 Å². The number of benzene rings is 2. The van der Waals surface area contributed by atoms with Gasteiger partial charge in [-0.1, -0.05) is 24.3 Å². The number of rotatable bonds is 6. The highest BCUT2D eigenvalue weighted by Gasteiger charge is 2.13. The Balaban J connectivity index is 1.58. The quantitative estimate of drug-likeness (QED) is 0.509. The largest absolute Gasteiger partial charge is 0.508 e. The molecule has 136 valence electrons. The predicted octanol–water partition coefficient (Wildman–Crippen LogP) is 4.73. The number of nitrogens with zero attached hydrogens (tertiary/aromatic N) is 2. The van der Waals surface area contributed by atoms with Gasteiger partial charge in [0.25, 0.3) is 0 Å². The van der Waals surface area contributed by atoms with Gasteiger partial charge in [0.2, 0.25) is 0 Å². The lowest BCUT2D eigenvalue weighted by molar-refractivity contribution is 0.415. The molecule has 0 spiro atoms. The van der Waals surface area contributed by atoms with Gasteiger partial charge < -0.3 is 15.2 Å². The van der Waals surface area contributed by atoms with Crippen molar-refractivity contribution >= 4 is 27.4 Å². The van der Waals surface area contributed by atoms with E-state index in [-0.39, 0.29) is 5.75 Å². The predicted molar refractivity (Wildman–Crippen MR) is 110 cm³/mol. The molecule has 0 radical (unpaired) electrons. The number of fused-ring (bicyclic) bond motifs is 1. The lowest BCUT2D eigenvalue weighted by atomic mass is 10.1. The molecule has 0 unspecified atom stereocenters. The molecule has 0 amide bonds. The molecule has 2 N–H and O–H groups in total. The summed E-state index contributed by atoms with van der Waals surface area (Å²) in [6.45, 7) is 0.745. The highest BCUT2D eigenvalue weighted by molar-refractivity contribution is 7.17. The zero-order valence-corrected chi connectivity index (χ0v) is 15.7. The summed E-state index contributed by atoms with van der Waals surface area (Å²) in [5, 5.41) is 16.0. The summed E-state index contributed by atoms with van der Waals surface area (Å²) < 4.78 is 5.25. The van der Waals surface area contributed by atoms with Crippen LogP contribution >= 0.6 is 11.3 Å². The third-order valence-corrected chi connectivity index (χ3v) is 5.30. The number of thiophene rings is 1. The van der Waals surface area contributed by atoms with Gasteiger partial charge in [0.1, 0.15) is 28.5 Å². The van der Waals surface area contributed by atoms with Crippen LogP contribution in [0.5, 0.6) is 11.5 Å². The number of aromatic hydroxyl groups is 1. The second-order valence-electron chi connectivity index (χ2n) is 6.12. The van der Waals surface area contributed by atoms with E-state index in [0.717, 1.165) is 51.4 Å². The van der Waals surface area contributed by atoms with Crippen molar-refractivity contribution in [1.82, 2.24) is 9.97 Å². The number of nitrogens with one attached hydrogen (secondary N) is 1. The molecule has 0 bridgehead atoms. The van der Waals surface area contributed by atoms with E-state index in [9.17, 15) is 5.11 Å². The monoisotopic (exact) mass is 377 g/mol. The van der Waals surface area contributed by atoms with Gasteiger partial charge >= 0.3 is 0 Å². The van der Waals surface area contributed by atoms with Gasteiger partial charge in [-0.3, -0.25) is 0 Å². The molecule has 6 heteroatoms. The molecule has 2 aromatic carbocycles. The van der Waals surface area contributed by atoms with Crippen LogP contribution in [0.15, 0.2) is 60.2 Å². The number of ether oxygens (including phenoxy) is 1. The topological polar surface area (TPSA) is 67.3 Å². The number of aromatic nitrogens is 2. The second kappa shape index (κ2) is 7.63. The van der Waals surface area contributed by atoms with Crippen LogP contribution in [-0.4, -0.2) is 28.7 Å². The van der Waals surface area contributed by atoms with Gasteiger partial charge in [-0.05, 0) is 41.8 Å². The van der Waals surface area contributed by atoms with Crippen molar-refractivity contribution in [1.29, 1.82) is 0 Å². The van der Waals surface area contributed by atoms with Crippen LogP contribution in [0.3, 0.4) is 0 Å². The molecule has 0 aliphatic carbocycles.